The lowest BCUT2D eigenvalue weighted by Gasteiger charge is -2.11. The fraction of sp³-hybridized carbons (Fsp3) is 0.118. The van der Waals surface area contributed by atoms with Crippen LogP contribution in [0.4, 0.5) is 5.69 Å². The second-order valence-electron chi connectivity index (χ2n) is 5.75. The highest BCUT2D eigenvalue weighted by Crippen LogP contribution is 2.43. The van der Waals surface area contributed by atoms with Crippen molar-refractivity contribution in [3.05, 3.63) is 58.3 Å². The van der Waals surface area contributed by atoms with E-state index in [1.54, 1.807) is 0 Å². The summed E-state index contributed by atoms with van der Waals surface area (Å²) in [6, 6.07) is 9.04. The summed E-state index contributed by atoms with van der Waals surface area (Å²) in [7, 11) is 0. The van der Waals surface area contributed by atoms with Gasteiger partial charge >= 0.3 is 0 Å². The number of nitro benzene ring substituents is 1. The zero-order valence-electron chi connectivity index (χ0n) is 14.6. The first-order chi connectivity index (χ1) is 13.8. The van der Waals surface area contributed by atoms with Crippen LogP contribution in [0.2, 0.25) is 0 Å². The minimum atomic E-state index is -2.39. The first kappa shape index (κ1) is 20.3. The van der Waals surface area contributed by atoms with Crippen molar-refractivity contribution in [1.82, 2.24) is 9.88 Å². The number of nitrogens with zero attached hydrogens (tertiary/aromatic N) is 2. The molecule has 0 radical (unpaired) electrons. The van der Waals surface area contributed by atoms with Crippen molar-refractivity contribution in [2.24, 2.45) is 0 Å². The van der Waals surface area contributed by atoms with Crippen LogP contribution in [-0.4, -0.2) is 35.6 Å². The number of aromatic hydroxyl groups is 2. The molecule has 3 aromatic rings. The molecule has 0 bridgehead atoms. The number of nitro groups is 1. The molecule has 0 fully saturated rings. The molecule has 0 spiro atoms. The summed E-state index contributed by atoms with van der Waals surface area (Å²) in [6.07, 6.45) is 0.245. The Morgan fingerprint density at radius 2 is 1.93 bits per heavy atom. The van der Waals surface area contributed by atoms with Gasteiger partial charge in [-0.15, -0.1) is 0 Å². The van der Waals surface area contributed by atoms with E-state index in [0.29, 0.717) is 5.69 Å². The topological polar surface area (TPSA) is 171 Å². The minimum absolute atomic E-state index is 0.0258. The number of phenols is 2. The summed E-state index contributed by atoms with van der Waals surface area (Å²) in [6.45, 7) is 0.107. The maximum atomic E-state index is 10.8. The molecular formula is C17H14N3O8S-. The van der Waals surface area contributed by atoms with Gasteiger partial charge in [-0.2, -0.15) is 0 Å². The molecule has 152 valence electrons. The molecule has 1 atom stereocenters. The van der Waals surface area contributed by atoms with E-state index in [-0.39, 0.29) is 53.0 Å². The zero-order chi connectivity index (χ0) is 21.0. The van der Waals surface area contributed by atoms with Crippen LogP contribution >= 0.6 is 0 Å². The van der Waals surface area contributed by atoms with Crippen molar-refractivity contribution >= 4 is 17.0 Å². The number of benzene rings is 2. The molecule has 0 saturated heterocycles. The maximum Gasteiger partial charge on any atom is 0.269 e. The molecule has 1 heterocycles. The van der Waals surface area contributed by atoms with E-state index in [2.05, 4.69) is 9.88 Å². The molecule has 12 heteroatoms. The smallest absolute Gasteiger partial charge is 0.269 e. The van der Waals surface area contributed by atoms with Gasteiger partial charge in [0.25, 0.3) is 5.69 Å². The van der Waals surface area contributed by atoms with Crippen molar-refractivity contribution in [2.75, 3.05) is 6.54 Å². The van der Waals surface area contributed by atoms with Gasteiger partial charge in [-0.3, -0.25) is 14.3 Å². The number of aromatic nitrogens is 1. The number of ether oxygens (including phenoxy) is 1. The number of hydrogen-bond donors (Lipinski definition) is 3. The lowest BCUT2D eigenvalue weighted by molar-refractivity contribution is -0.384. The molecule has 11 nitrogen and oxygen atoms in total. The fourth-order valence-corrected chi connectivity index (χ4v) is 2.76. The molecule has 0 aliphatic carbocycles. The van der Waals surface area contributed by atoms with Crippen molar-refractivity contribution < 1.29 is 33.2 Å². The van der Waals surface area contributed by atoms with E-state index in [9.17, 15) is 29.1 Å². The van der Waals surface area contributed by atoms with Crippen molar-refractivity contribution in [1.29, 1.82) is 0 Å². The third kappa shape index (κ3) is 5.07. The van der Waals surface area contributed by atoms with Crippen LogP contribution in [0.3, 0.4) is 0 Å². The fourth-order valence-electron chi connectivity index (χ4n) is 2.49. The Balaban J connectivity index is 1.88. The number of nitrogens with one attached hydrogen (secondary N) is 1. The van der Waals surface area contributed by atoms with Crippen LogP contribution in [-0.2, 0) is 17.7 Å². The molecule has 3 N–H and O–H groups in total. The monoisotopic (exact) mass is 420 g/mol. The van der Waals surface area contributed by atoms with E-state index >= 15 is 0 Å². The maximum absolute atomic E-state index is 10.8. The standard InChI is InChI=1S/C17H15N3O8S/c21-12-8-14(22)17(16-7-10(19-28-16)5-6-18-29(25)26)15(9-12)27-13-3-1-11(2-4-13)20(23)24/h1-4,7-9,18,21-22H,5-6H2,(H,25,26)/p-1. The molecule has 1 unspecified atom stereocenters. The largest absolute Gasteiger partial charge is 0.760 e. The van der Waals surface area contributed by atoms with Gasteiger partial charge in [0, 0.05) is 54.6 Å². The Morgan fingerprint density at radius 3 is 2.59 bits per heavy atom. The molecule has 0 aliphatic heterocycles. The van der Waals surface area contributed by atoms with Gasteiger partial charge in [0.2, 0.25) is 0 Å². The SMILES string of the molecule is O=[N+]([O-])c1ccc(Oc2cc(O)cc(O)c2-c2cc(CCNS(=O)[O-])no2)cc1. The summed E-state index contributed by atoms with van der Waals surface area (Å²) in [5.74, 6) is -0.243. The molecule has 0 saturated carbocycles. The van der Waals surface area contributed by atoms with Crippen LogP contribution in [0.15, 0.2) is 47.0 Å². The Bertz CT molecular complexity index is 1050. The summed E-state index contributed by atoms with van der Waals surface area (Å²) in [4.78, 5) is 10.2. The molecule has 0 aliphatic rings. The Morgan fingerprint density at radius 1 is 1.21 bits per heavy atom. The predicted octanol–water partition coefficient (Wildman–Crippen LogP) is 2.38. The number of hydrogen-bond acceptors (Lipinski definition) is 9. The van der Waals surface area contributed by atoms with Gasteiger partial charge in [0.15, 0.2) is 5.76 Å². The summed E-state index contributed by atoms with van der Waals surface area (Å²) in [5.41, 5.74) is 0.399. The third-order valence-electron chi connectivity index (χ3n) is 3.75. The second-order valence-corrected chi connectivity index (χ2v) is 6.51. The first-order valence-corrected chi connectivity index (χ1v) is 9.18. The normalized spacial score (nSPS) is 11.9. The highest BCUT2D eigenvalue weighted by molar-refractivity contribution is 7.77. The molecule has 29 heavy (non-hydrogen) atoms. The van der Waals surface area contributed by atoms with Gasteiger partial charge in [0.1, 0.15) is 28.6 Å². The number of rotatable bonds is 8. The lowest BCUT2D eigenvalue weighted by atomic mass is 10.1. The van der Waals surface area contributed by atoms with Crippen LogP contribution in [0, 0.1) is 10.1 Å². The lowest BCUT2D eigenvalue weighted by Crippen LogP contribution is -2.19. The average molecular weight is 420 g/mol. The van der Waals surface area contributed by atoms with Crippen LogP contribution in [0.25, 0.3) is 11.3 Å². The third-order valence-corrected chi connectivity index (χ3v) is 4.19. The second kappa shape index (κ2) is 8.68. The first-order valence-electron chi connectivity index (χ1n) is 8.10. The van der Waals surface area contributed by atoms with Crippen molar-refractivity contribution in [2.45, 2.75) is 6.42 Å². The Hall–Kier alpha value is -3.48. The van der Waals surface area contributed by atoms with Crippen molar-refractivity contribution in [3.63, 3.8) is 0 Å². The number of non-ortho nitro benzene ring substituents is 1. The Kier molecular flexibility index (Phi) is 6.07. The summed E-state index contributed by atoms with van der Waals surface area (Å²) >= 11 is -2.39. The van der Waals surface area contributed by atoms with E-state index in [0.717, 1.165) is 6.07 Å². The van der Waals surface area contributed by atoms with E-state index in [4.69, 9.17) is 9.26 Å². The van der Waals surface area contributed by atoms with Gasteiger partial charge in [-0.25, -0.2) is 4.72 Å². The van der Waals surface area contributed by atoms with Gasteiger partial charge in [-0.1, -0.05) is 5.16 Å². The average Bonchev–Trinajstić information content (AvgIpc) is 3.09. The van der Waals surface area contributed by atoms with E-state index in [1.165, 1.54) is 36.4 Å². The minimum Gasteiger partial charge on any atom is -0.760 e. The van der Waals surface area contributed by atoms with Crippen molar-refractivity contribution in [3.8, 4) is 34.3 Å². The van der Waals surface area contributed by atoms with Crippen LogP contribution < -0.4 is 9.46 Å². The van der Waals surface area contributed by atoms with E-state index < -0.39 is 16.2 Å². The molecule has 2 aromatic carbocycles. The Labute approximate surface area is 166 Å². The summed E-state index contributed by atoms with van der Waals surface area (Å²) in [5, 5.41) is 34.6. The molecule has 1 aromatic heterocycles. The zero-order valence-corrected chi connectivity index (χ0v) is 15.4. The van der Waals surface area contributed by atoms with E-state index in [1.807, 2.05) is 0 Å². The van der Waals surface area contributed by atoms with Gasteiger partial charge in [-0.05, 0) is 12.1 Å². The van der Waals surface area contributed by atoms with Gasteiger partial charge in [0.05, 0.1) is 10.6 Å². The molecular weight excluding hydrogens is 406 g/mol. The molecule has 3 rings (SSSR count). The summed E-state index contributed by atoms with van der Waals surface area (Å²) < 4.78 is 34.1. The predicted molar refractivity (Wildman–Crippen MR) is 99.1 cm³/mol. The highest BCUT2D eigenvalue weighted by atomic mass is 32.2. The number of phenolic OH excluding ortho intramolecular Hbond substituents is 2. The van der Waals surface area contributed by atoms with Gasteiger partial charge < -0.3 is 24.0 Å². The molecule has 0 amide bonds. The quantitative estimate of drug-likeness (QED) is 0.281. The van der Waals surface area contributed by atoms with Crippen LogP contribution in [0.5, 0.6) is 23.0 Å². The van der Waals surface area contributed by atoms with Crippen LogP contribution in [0.1, 0.15) is 5.69 Å². The highest BCUT2D eigenvalue weighted by Gasteiger charge is 2.19.